The number of nitrogens with zero attached hydrogens (tertiary/aromatic N) is 1. The minimum Gasteiger partial charge on any atom is -0.383 e. The average molecular weight is 296 g/mol. The third-order valence-corrected chi connectivity index (χ3v) is 3.53. The fraction of sp³-hybridized carbons (Fsp3) is 0.214. The van der Waals surface area contributed by atoms with Crippen LogP contribution >= 0.6 is 23.2 Å². The predicted molar refractivity (Wildman–Crippen MR) is 80.5 cm³/mol. The molecule has 1 atom stereocenters. The zero-order valence-corrected chi connectivity index (χ0v) is 12.0. The van der Waals surface area contributed by atoms with Gasteiger partial charge in [0.25, 0.3) is 0 Å². The molecule has 0 amide bonds. The number of aryl methyl sites for hydroxylation is 1. The molecular formula is C14H15Cl2N3. The van der Waals surface area contributed by atoms with Crippen LogP contribution in [0.1, 0.15) is 22.7 Å². The van der Waals surface area contributed by atoms with E-state index in [0.29, 0.717) is 22.3 Å². The van der Waals surface area contributed by atoms with Gasteiger partial charge in [-0.25, -0.2) is 4.98 Å². The van der Waals surface area contributed by atoms with Crippen molar-refractivity contribution in [1.29, 1.82) is 0 Å². The average Bonchev–Trinajstić information content (AvgIpc) is 2.35. The molecule has 1 heterocycles. The first-order valence-electron chi connectivity index (χ1n) is 5.89. The SMILES string of the molecule is Cc1cnc(N)c(C(N)Cc2ccc(Cl)cc2Cl)c1. The van der Waals surface area contributed by atoms with E-state index in [4.69, 9.17) is 34.7 Å². The summed E-state index contributed by atoms with van der Waals surface area (Å²) >= 11 is 12.0. The van der Waals surface area contributed by atoms with Crippen molar-refractivity contribution in [2.75, 3.05) is 5.73 Å². The Balaban J connectivity index is 2.25. The van der Waals surface area contributed by atoms with Crippen LogP contribution in [-0.4, -0.2) is 4.98 Å². The summed E-state index contributed by atoms with van der Waals surface area (Å²) in [6.07, 6.45) is 2.31. The third-order valence-electron chi connectivity index (χ3n) is 2.94. The smallest absolute Gasteiger partial charge is 0.128 e. The van der Waals surface area contributed by atoms with Crippen LogP contribution in [0.25, 0.3) is 0 Å². The number of hydrogen-bond acceptors (Lipinski definition) is 3. The van der Waals surface area contributed by atoms with Crippen LogP contribution in [0.3, 0.4) is 0 Å². The zero-order valence-electron chi connectivity index (χ0n) is 10.5. The van der Waals surface area contributed by atoms with Gasteiger partial charge in [-0.1, -0.05) is 29.3 Å². The second-order valence-electron chi connectivity index (χ2n) is 4.53. The summed E-state index contributed by atoms with van der Waals surface area (Å²) in [4.78, 5) is 4.12. The van der Waals surface area contributed by atoms with Crippen molar-refractivity contribution in [1.82, 2.24) is 4.98 Å². The molecule has 0 bridgehead atoms. The van der Waals surface area contributed by atoms with Crippen LogP contribution in [0.15, 0.2) is 30.5 Å². The normalized spacial score (nSPS) is 12.4. The van der Waals surface area contributed by atoms with Gasteiger partial charge in [-0.05, 0) is 42.7 Å². The van der Waals surface area contributed by atoms with Crippen molar-refractivity contribution < 1.29 is 0 Å². The van der Waals surface area contributed by atoms with Crippen molar-refractivity contribution in [3.63, 3.8) is 0 Å². The molecule has 100 valence electrons. The molecule has 3 nitrogen and oxygen atoms in total. The summed E-state index contributed by atoms with van der Waals surface area (Å²) in [5.74, 6) is 0.461. The van der Waals surface area contributed by atoms with Gasteiger partial charge in [-0.3, -0.25) is 0 Å². The molecule has 19 heavy (non-hydrogen) atoms. The highest BCUT2D eigenvalue weighted by atomic mass is 35.5. The number of pyridine rings is 1. The van der Waals surface area contributed by atoms with Crippen molar-refractivity contribution in [3.8, 4) is 0 Å². The van der Waals surface area contributed by atoms with Crippen LogP contribution in [0.2, 0.25) is 10.0 Å². The molecule has 1 aromatic carbocycles. The lowest BCUT2D eigenvalue weighted by atomic mass is 9.99. The molecule has 2 rings (SSSR count). The lowest BCUT2D eigenvalue weighted by Crippen LogP contribution is -2.16. The lowest BCUT2D eigenvalue weighted by molar-refractivity contribution is 0.720. The number of halogens is 2. The van der Waals surface area contributed by atoms with Gasteiger partial charge >= 0.3 is 0 Å². The second-order valence-corrected chi connectivity index (χ2v) is 5.38. The van der Waals surface area contributed by atoms with Gasteiger partial charge in [0.05, 0.1) is 0 Å². The molecule has 1 aromatic heterocycles. The van der Waals surface area contributed by atoms with Crippen LogP contribution in [0.5, 0.6) is 0 Å². The van der Waals surface area contributed by atoms with Gasteiger partial charge in [0.1, 0.15) is 5.82 Å². The summed E-state index contributed by atoms with van der Waals surface area (Å²) in [6, 6.07) is 7.10. The van der Waals surface area contributed by atoms with Gasteiger partial charge < -0.3 is 11.5 Å². The molecule has 4 N–H and O–H groups in total. The predicted octanol–water partition coefficient (Wildman–Crippen LogP) is 3.52. The first kappa shape index (κ1) is 14.1. The van der Waals surface area contributed by atoms with E-state index in [2.05, 4.69) is 4.98 Å². The molecule has 0 spiro atoms. The molecule has 5 heteroatoms. The van der Waals surface area contributed by atoms with Crippen LogP contribution in [0, 0.1) is 6.92 Å². The summed E-state index contributed by atoms with van der Waals surface area (Å²) < 4.78 is 0. The van der Waals surface area contributed by atoms with E-state index in [1.165, 1.54) is 0 Å². The maximum Gasteiger partial charge on any atom is 0.128 e. The number of nitrogen functional groups attached to an aromatic ring is 1. The van der Waals surface area contributed by atoms with Crippen molar-refractivity contribution >= 4 is 29.0 Å². The topological polar surface area (TPSA) is 64.9 Å². The van der Waals surface area contributed by atoms with E-state index in [0.717, 1.165) is 16.7 Å². The Morgan fingerprint density at radius 2 is 2.00 bits per heavy atom. The number of benzene rings is 1. The van der Waals surface area contributed by atoms with Crippen LogP contribution < -0.4 is 11.5 Å². The minimum absolute atomic E-state index is 0.244. The Labute approximate surface area is 122 Å². The first-order chi connectivity index (χ1) is 8.97. The van der Waals surface area contributed by atoms with Gasteiger partial charge in [-0.2, -0.15) is 0 Å². The number of nitrogens with two attached hydrogens (primary N) is 2. The Morgan fingerprint density at radius 1 is 1.26 bits per heavy atom. The maximum atomic E-state index is 6.19. The third kappa shape index (κ3) is 3.38. The van der Waals surface area contributed by atoms with Gasteiger partial charge in [-0.15, -0.1) is 0 Å². The Kier molecular flexibility index (Phi) is 4.30. The van der Waals surface area contributed by atoms with Gasteiger partial charge in [0.2, 0.25) is 0 Å². The Morgan fingerprint density at radius 3 is 2.68 bits per heavy atom. The van der Waals surface area contributed by atoms with Crippen molar-refractivity contribution in [3.05, 3.63) is 57.2 Å². The maximum absolute atomic E-state index is 6.19. The van der Waals surface area contributed by atoms with E-state index in [-0.39, 0.29) is 6.04 Å². The summed E-state index contributed by atoms with van der Waals surface area (Å²) in [5.41, 5.74) is 14.9. The van der Waals surface area contributed by atoms with Crippen LogP contribution in [0.4, 0.5) is 5.82 Å². The van der Waals surface area contributed by atoms with E-state index in [1.807, 2.05) is 19.1 Å². The van der Waals surface area contributed by atoms with Gasteiger partial charge in [0, 0.05) is 27.8 Å². The fourth-order valence-corrected chi connectivity index (χ4v) is 2.42. The first-order valence-corrected chi connectivity index (χ1v) is 6.64. The molecule has 2 aromatic rings. The number of rotatable bonds is 3. The lowest BCUT2D eigenvalue weighted by Gasteiger charge is -2.15. The minimum atomic E-state index is -0.244. The summed E-state index contributed by atoms with van der Waals surface area (Å²) in [5, 5.41) is 1.22. The van der Waals surface area contributed by atoms with E-state index < -0.39 is 0 Å². The second kappa shape index (κ2) is 5.78. The highest BCUT2D eigenvalue weighted by molar-refractivity contribution is 6.35. The largest absolute Gasteiger partial charge is 0.383 e. The highest BCUT2D eigenvalue weighted by Crippen LogP contribution is 2.27. The highest BCUT2D eigenvalue weighted by Gasteiger charge is 2.13. The van der Waals surface area contributed by atoms with E-state index in [9.17, 15) is 0 Å². The molecule has 0 radical (unpaired) electrons. The summed E-state index contributed by atoms with van der Waals surface area (Å²) in [7, 11) is 0. The zero-order chi connectivity index (χ0) is 14.0. The molecule has 0 aliphatic heterocycles. The fourth-order valence-electron chi connectivity index (χ4n) is 1.93. The Bertz CT molecular complexity index is 599. The molecule has 0 fully saturated rings. The van der Waals surface area contributed by atoms with Crippen molar-refractivity contribution in [2.45, 2.75) is 19.4 Å². The quantitative estimate of drug-likeness (QED) is 0.910. The number of anilines is 1. The van der Waals surface area contributed by atoms with E-state index >= 15 is 0 Å². The van der Waals surface area contributed by atoms with Crippen LogP contribution in [-0.2, 0) is 6.42 Å². The van der Waals surface area contributed by atoms with E-state index in [1.54, 1.807) is 18.3 Å². The standard InChI is InChI=1S/C14H15Cl2N3/c1-8-4-11(14(18)19-7-8)13(17)5-9-2-3-10(15)6-12(9)16/h2-4,6-7,13H,5,17H2,1H3,(H2,18,19). The Hall–Kier alpha value is -1.29. The van der Waals surface area contributed by atoms with Gasteiger partial charge in [0.15, 0.2) is 0 Å². The summed E-state index contributed by atoms with van der Waals surface area (Å²) in [6.45, 7) is 1.96. The number of hydrogen-bond donors (Lipinski definition) is 2. The molecule has 0 saturated heterocycles. The molecule has 0 aliphatic carbocycles. The molecule has 0 aliphatic rings. The van der Waals surface area contributed by atoms with Crippen molar-refractivity contribution in [2.24, 2.45) is 5.73 Å². The molecule has 0 saturated carbocycles. The monoisotopic (exact) mass is 295 g/mol. The number of aromatic nitrogens is 1. The molecule has 1 unspecified atom stereocenters. The molecular weight excluding hydrogens is 281 g/mol.